The van der Waals surface area contributed by atoms with Crippen LogP contribution in [0, 0.1) is 0 Å². The number of benzene rings is 2. The maximum Gasteiger partial charge on any atom is 0.324 e. The van der Waals surface area contributed by atoms with E-state index in [1.54, 1.807) is 0 Å². The van der Waals surface area contributed by atoms with Gasteiger partial charge >= 0.3 is 5.97 Å². The van der Waals surface area contributed by atoms with Gasteiger partial charge in [0.25, 0.3) is 8.32 Å². The van der Waals surface area contributed by atoms with Crippen LogP contribution in [0.5, 0.6) is 0 Å². The number of carbonyl (C=O) groups excluding carboxylic acids is 1. The lowest BCUT2D eigenvalue weighted by atomic mass is 10.1. The van der Waals surface area contributed by atoms with Crippen LogP contribution in [-0.2, 0) is 14.0 Å². The Hall–Kier alpha value is -1.99. The highest BCUT2D eigenvalue weighted by molar-refractivity contribution is 6.99. The van der Waals surface area contributed by atoms with Crippen LogP contribution in [-0.4, -0.2) is 39.6 Å². The highest BCUT2D eigenvalue weighted by Crippen LogP contribution is 2.36. The molecular formula is C23H32N2O3Si. The molecular weight excluding hydrogens is 380 g/mol. The van der Waals surface area contributed by atoms with Crippen molar-refractivity contribution in [2.45, 2.75) is 51.2 Å². The van der Waals surface area contributed by atoms with Gasteiger partial charge in [-0.3, -0.25) is 10.2 Å². The van der Waals surface area contributed by atoms with Crippen molar-refractivity contribution in [1.29, 1.82) is 0 Å². The number of rotatable bonds is 7. The standard InChI is InChI=1S/C23H32N2O3Si/c1-5-27-22(26)21-16-18(24-25-21)17-28-29(23(2,3)4,19-12-8-6-9-13-19)20-14-10-7-11-15-20/h6-15,18,21,24-25H,5,16-17H2,1-4H3. The molecule has 5 nitrogen and oxygen atoms in total. The molecule has 1 heterocycles. The molecule has 0 aliphatic carbocycles. The van der Waals surface area contributed by atoms with Gasteiger partial charge in [0, 0.05) is 6.04 Å². The molecule has 0 radical (unpaired) electrons. The predicted molar refractivity (Wildman–Crippen MR) is 119 cm³/mol. The summed E-state index contributed by atoms with van der Waals surface area (Å²) in [7, 11) is -2.57. The van der Waals surface area contributed by atoms with Gasteiger partial charge in [-0.05, 0) is 28.8 Å². The van der Waals surface area contributed by atoms with Crippen LogP contribution < -0.4 is 21.2 Å². The highest BCUT2D eigenvalue weighted by atomic mass is 28.4. The predicted octanol–water partition coefficient (Wildman–Crippen LogP) is 2.36. The number of nitrogens with one attached hydrogen (secondary N) is 2. The Balaban J connectivity index is 1.88. The number of hydrogen-bond acceptors (Lipinski definition) is 5. The van der Waals surface area contributed by atoms with Gasteiger partial charge < -0.3 is 9.16 Å². The number of esters is 1. The third-order valence-corrected chi connectivity index (χ3v) is 10.5. The fraction of sp³-hybridized carbons (Fsp3) is 0.435. The summed E-state index contributed by atoms with van der Waals surface area (Å²) in [5.74, 6) is -0.215. The molecule has 0 aromatic heterocycles. The van der Waals surface area contributed by atoms with E-state index in [1.807, 2.05) is 19.1 Å². The van der Waals surface area contributed by atoms with E-state index in [-0.39, 0.29) is 23.1 Å². The van der Waals surface area contributed by atoms with Gasteiger partial charge in [0.2, 0.25) is 0 Å². The molecule has 0 bridgehead atoms. The summed E-state index contributed by atoms with van der Waals surface area (Å²) in [4.78, 5) is 12.0. The first-order chi connectivity index (χ1) is 13.9. The molecule has 0 amide bonds. The SMILES string of the molecule is CCOC(=O)C1CC(CO[Si](c2ccccc2)(c2ccccc2)C(C)(C)C)NN1. The molecule has 2 aromatic rings. The Kier molecular flexibility index (Phi) is 6.90. The molecule has 0 spiro atoms. The van der Waals surface area contributed by atoms with Crippen LogP contribution in [0.25, 0.3) is 0 Å². The fourth-order valence-corrected chi connectivity index (χ4v) is 8.72. The van der Waals surface area contributed by atoms with Crippen LogP contribution in [0.1, 0.15) is 34.1 Å². The van der Waals surface area contributed by atoms with Crippen molar-refractivity contribution in [2.75, 3.05) is 13.2 Å². The van der Waals surface area contributed by atoms with Crippen molar-refractivity contribution in [3.8, 4) is 0 Å². The minimum absolute atomic E-state index is 0.0473. The maximum absolute atomic E-state index is 12.0. The van der Waals surface area contributed by atoms with Gasteiger partial charge in [-0.15, -0.1) is 0 Å². The molecule has 2 aromatic carbocycles. The molecule has 1 aliphatic heterocycles. The quantitative estimate of drug-likeness (QED) is 0.540. The van der Waals surface area contributed by atoms with Crippen LogP contribution >= 0.6 is 0 Å². The van der Waals surface area contributed by atoms with Crippen molar-refractivity contribution in [3.05, 3.63) is 60.7 Å². The Labute approximate surface area is 174 Å². The van der Waals surface area contributed by atoms with Crippen molar-refractivity contribution < 1.29 is 14.0 Å². The lowest BCUT2D eigenvalue weighted by Crippen LogP contribution is -2.67. The van der Waals surface area contributed by atoms with E-state index in [1.165, 1.54) is 10.4 Å². The summed E-state index contributed by atoms with van der Waals surface area (Å²) in [5.41, 5.74) is 6.28. The summed E-state index contributed by atoms with van der Waals surface area (Å²) in [6, 6.07) is 20.9. The summed E-state index contributed by atoms with van der Waals surface area (Å²) < 4.78 is 12.1. The Morgan fingerprint density at radius 1 is 1.00 bits per heavy atom. The molecule has 6 heteroatoms. The van der Waals surface area contributed by atoms with E-state index in [4.69, 9.17) is 9.16 Å². The topological polar surface area (TPSA) is 59.6 Å². The monoisotopic (exact) mass is 412 g/mol. The molecule has 2 atom stereocenters. The highest BCUT2D eigenvalue weighted by Gasteiger charge is 2.50. The zero-order valence-corrected chi connectivity index (χ0v) is 18.8. The van der Waals surface area contributed by atoms with Gasteiger partial charge in [-0.1, -0.05) is 81.4 Å². The molecule has 3 rings (SSSR count). The minimum Gasteiger partial charge on any atom is -0.465 e. The van der Waals surface area contributed by atoms with Crippen molar-refractivity contribution in [3.63, 3.8) is 0 Å². The fourth-order valence-electron chi connectivity index (χ4n) is 4.12. The van der Waals surface area contributed by atoms with E-state index in [2.05, 4.69) is 80.2 Å². The summed E-state index contributed by atoms with van der Waals surface area (Å²) in [6.07, 6.45) is 0.650. The van der Waals surface area contributed by atoms with Crippen LogP contribution in [0.15, 0.2) is 60.7 Å². The Bertz CT molecular complexity index is 753. The molecule has 2 N–H and O–H groups in total. The first-order valence-corrected chi connectivity index (χ1v) is 12.2. The first kappa shape index (κ1) is 21.7. The summed E-state index contributed by atoms with van der Waals surface area (Å²) in [6.45, 7) is 9.53. The molecule has 1 aliphatic rings. The molecule has 1 saturated heterocycles. The van der Waals surface area contributed by atoms with E-state index >= 15 is 0 Å². The van der Waals surface area contributed by atoms with Crippen molar-refractivity contribution >= 4 is 24.7 Å². The molecule has 29 heavy (non-hydrogen) atoms. The van der Waals surface area contributed by atoms with Gasteiger partial charge in [0.1, 0.15) is 6.04 Å². The van der Waals surface area contributed by atoms with E-state index in [9.17, 15) is 4.79 Å². The smallest absolute Gasteiger partial charge is 0.324 e. The summed E-state index contributed by atoms with van der Waals surface area (Å²) in [5, 5.41) is 2.45. The largest absolute Gasteiger partial charge is 0.465 e. The van der Waals surface area contributed by atoms with Crippen molar-refractivity contribution in [2.24, 2.45) is 0 Å². The molecule has 0 saturated carbocycles. The minimum atomic E-state index is -2.57. The van der Waals surface area contributed by atoms with E-state index in [0.717, 1.165) is 0 Å². The van der Waals surface area contributed by atoms with Gasteiger partial charge in [0.05, 0.1) is 13.2 Å². The second-order valence-corrected chi connectivity index (χ2v) is 12.8. The number of carbonyl (C=O) groups is 1. The second kappa shape index (κ2) is 9.22. The number of ether oxygens (including phenoxy) is 1. The number of hydrogen-bond donors (Lipinski definition) is 2. The first-order valence-electron chi connectivity index (χ1n) is 10.3. The lowest BCUT2D eigenvalue weighted by Gasteiger charge is -2.43. The molecule has 2 unspecified atom stereocenters. The van der Waals surface area contributed by atoms with Gasteiger partial charge in [-0.25, -0.2) is 5.43 Å². The number of hydrazine groups is 1. The Morgan fingerprint density at radius 3 is 2.03 bits per heavy atom. The maximum atomic E-state index is 12.0. The third kappa shape index (κ3) is 4.61. The van der Waals surface area contributed by atoms with Crippen LogP contribution in [0.3, 0.4) is 0 Å². The average Bonchev–Trinajstić information content (AvgIpc) is 3.18. The zero-order chi connectivity index (χ0) is 20.9. The normalized spacial score (nSPS) is 19.9. The zero-order valence-electron chi connectivity index (χ0n) is 17.8. The lowest BCUT2D eigenvalue weighted by molar-refractivity contribution is -0.145. The van der Waals surface area contributed by atoms with Crippen LogP contribution in [0.4, 0.5) is 0 Å². The molecule has 156 valence electrons. The van der Waals surface area contributed by atoms with Crippen molar-refractivity contribution in [1.82, 2.24) is 10.9 Å². The average molecular weight is 413 g/mol. The second-order valence-electron chi connectivity index (χ2n) is 8.50. The third-order valence-electron chi connectivity index (χ3n) is 5.47. The van der Waals surface area contributed by atoms with E-state index in [0.29, 0.717) is 19.6 Å². The summed E-state index contributed by atoms with van der Waals surface area (Å²) >= 11 is 0. The van der Waals surface area contributed by atoms with Crippen LogP contribution in [0.2, 0.25) is 5.04 Å². The Morgan fingerprint density at radius 2 is 1.55 bits per heavy atom. The van der Waals surface area contributed by atoms with E-state index < -0.39 is 8.32 Å². The van der Waals surface area contributed by atoms with Gasteiger partial charge in [0.15, 0.2) is 0 Å². The van der Waals surface area contributed by atoms with Gasteiger partial charge in [-0.2, -0.15) is 0 Å². The molecule has 1 fully saturated rings.